The lowest BCUT2D eigenvalue weighted by atomic mass is 10.1. The highest BCUT2D eigenvalue weighted by atomic mass is 32.1. The fraction of sp³-hybridized carbons (Fsp3) is 0.192. The number of rotatable bonds is 10. The van der Waals surface area contributed by atoms with Crippen molar-refractivity contribution in [2.75, 3.05) is 18.4 Å². The van der Waals surface area contributed by atoms with Crippen LogP contribution in [0.4, 0.5) is 10.6 Å². The molecule has 174 valence electrons. The Morgan fingerprint density at radius 1 is 0.853 bits per heavy atom. The Balaban J connectivity index is 1.30. The highest BCUT2D eigenvalue weighted by Crippen LogP contribution is 2.25. The molecule has 1 atom stereocenters. The lowest BCUT2D eigenvalue weighted by Gasteiger charge is -2.19. The Labute approximate surface area is 202 Å². The lowest BCUT2D eigenvalue weighted by Crippen LogP contribution is -2.49. The monoisotopic (exact) mass is 474 g/mol. The summed E-state index contributed by atoms with van der Waals surface area (Å²) in [7, 11) is 0. The van der Waals surface area contributed by atoms with E-state index >= 15 is 0 Å². The standard InChI is InChI=1S/C26H26N4O3S/c31-25(28-16-15-27-24-21-13-7-8-14-23(21)34-30-24)22(17-19-9-3-1-4-10-19)29-26(32)33-18-20-11-5-2-6-12-20/h1-14,22H,15-18H2,(H,27,30)(H,28,31)(H,29,32)/t22-/m0/s1. The maximum Gasteiger partial charge on any atom is 0.408 e. The number of fused-ring (bicyclic) bond motifs is 1. The number of hydrogen-bond donors (Lipinski definition) is 3. The van der Waals surface area contributed by atoms with Gasteiger partial charge in [-0.25, -0.2) is 4.79 Å². The topological polar surface area (TPSA) is 92.4 Å². The number of carbonyl (C=O) groups excluding carboxylic acids is 2. The van der Waals surface area contributed by atoms with Gasteiger partial charge in [0.25, 0.3) is 0 Å². The minimum absolute atomic E-state index is 0.137. The fourth-order valence-electron chi connectivity index (χ4n) is 3.47. The lowest BCUT2D eigenvalue weighted by molar-refractivity contribution is -0.123. The van der Waals surface area contributed by atoms with Crippen LogP contribution in [0.2, 0.25) is 0 Å². The zero-order valence-electron chi connectivity index (χ0n) is 18.6. The van der Waals surface area contributed by atoms with E-state index in [0.717, 1.165) is 27.0 Å². The number of benzene rings is 3. The molecule has 0 fully saturated rings. The number of aromatic nitrogens is 1. The molecule has 1 aromatic heterocycles. The number of nitrogens with zero attached hydrogens (tertiary/aromatic N) is 1. The van der Waals surface area contributed by atoms with Gasteiger partial charge in [0.15, 0.2) is 0 Å². The molecule has 7 nitrogen and oxygen atoms in total. The van der Waals surface area contributed by atoms with Gasteiger partial charge in [0.05, 0.1) is 4.70 Å². The second-order valence-corrected chi connectivity index (χ2v) is 8.50. The molecule has 0 saturated carbocycles. The zero-order valence-corrected chi connectivity index (χ0v) is 19.4. The summed E-state index contributed by atoms with van der Waals surface area (Å²) in [6.07, 6.45) is -0.274. The van der Waals surface area contributed by atoms with Crippen LogP contribution in [0.15, 0.2) is 84.9 Å². The van der Waals surface area contributed by atoms with Crippen LogP contribution >= 0.6 is 11.5 Å². The number of alkyl carbamates (subject to hydrolysis) is 1. The Kier molecular flexibility index (Phi) is 8.08. The Hall–Kier alpha value is -3.91. The summed E-state index contributed by atoms with van der Waals surface area (Å²) in [6.45, 7) is 1.03. The van der Waals surface area contributed by atoms with Gasteiger partial charge in [-0.2, -0.15) is 4.37 Å². The third-order valence-electron chi connectivity index (χ3n) is 5.20. The summed E-state index contributed by atoms with van der Waals surface area (Å²) in [6, 6.07) is 26.2. The van der Waals surface area contributed by atoms with E-state index in [1.807, 2.05) is 84.9 Å². The number of hydrogen-bond acceptors (Lipinski definition) is 6. The molecule has 4 aromatic rings. The van der Waals surface area contributed by atoms with Crippen LogP contribution in [0.3, 0.4) is 0 Å². The molecule has 0 aliphatic carbocycles. The molecule has 3 aromatic carbocycles. The van der Waals surface area contributed by atoms with Crippen LogP contribution in [0.5, 0.6) is 0 Å². The molecule has 0 aliphatic rings. The van der Waals surface area contributed by atoms with Crippen molar-refractivity contribution in [3.8, 4) is 0 Å². The third kappa shape index (κ3) is 6.55. The van der Waals surface area contributed by atoms with Crippen molar-refractivity contribution in [3.05, 3.63) is 96.1 Å². The quantitative estimate of drug-likeness (QED) is 0.297. The average Bonchev–Trinajstić information content (AvgIpc) is 3.29. The van der Waals surface area contributed by atoms with Crippen molar-refractivity contribution in [1.82, 2.24) is 15.0 Å². The molecular formula is C26H26N4O3S. The molecule has 4 rings (SSSR count). The van der Waals surface area contributed by atoms with Gasteiger partial charge < -0.3 is 20.7 Å². The summed E-state index contributed by atoms with van der Waals surface area (Å²) in [4.78, 5) is 25.3. The molecule has 0 spiro atoms. The first-order valence-corrected chi connectivity index (χ1v) is 11.8. The van der Waals surface area contributed by atoms with Crippen molar-refractivity contribution < 1.29 is 14.3 Å². The fourth-order valence-corrected chi connectivity index (χ4v) is 4.22. The van der Waals surface area contributed by atoms with Crippen LogP contribution in [0.1, 0.15) is 11.1 Å². The predicted octanol–water partition coefficient (Wildman–Crippen LogP) is 4.36. The second-order valence-electron chi connectivity index (χ2n) is 7.69. The molecular weight excluding hydrogens is 448 g/mol. The number of ether oxygens (including phenoxy) is 1. The van der Waals surface area contributed by atoms with E-state index in [4.69, 9.17) is 4.74 Å². The van der Waals surface area contributed by atoms with E-state index in [9.17, 15) is 9.59 Å². The number of nitrogens with one attached hydrogen (secondary N) is 3. The predicted molar refractivity (Wildman–Crippen MR) is 135 cm³/mol. The van der Waals surface area contributed by atoms with Gasteiger partial charge in [0.2, 0.25) is 5.91 Å². The van der Waals surface area contributed by atoms with Gasteiger partial charge in [0.1, 0.15) is 18.5 Å². The number of carbonyl (C=O) groups is 2. The van der Waals surface area contributed by atoms with Crippen molar-refractivity contribution in [2.45, 2.75) is 19.1 Å². The summed E-state index contributed by atoms with van der Waals surface area (Å²) in [5.41, 5.74) is 1.82. The van der Waals surface area contributed by atoms with Gasteiger partial charge in [-0.05, 0) is 34.8 Å². The molecule has 1 heterocycles. The first kappa shape index (κ1) is 23.3. The molecule has 8 heteroatoms. The third-order valence-corrected chi connectivity index (χ3v) is 6.02. The van der Waals surface area contributed by atoms with Crippen molar-refractivity contribution in [1.29, 1.82) is 0 Å². The minimum Gasteiger partial charge on any atom is -0.445 e. The van der Waals surface area contributed by atoms with E-state index in [0.29, 0.717) is 19.5 Å². The highest BCUT2D eigenvalue weighted by Gasteiger charge is 2.22. The van der Waals surface area contributed by atoms with Gasteiger partial charge >= 0.3 is 6.09 Å². The summed E-state index contributed by atoms with van der Waals surface area (Å²) < 4.78 is 10.9. The molecule has 0 saturated heterocycles. The SMILES string of the molecule is O=C(N[C@@H](Cc1ccccc1)C(=O)NCCNc1nsc2ccccc12)OCc1ccccc1. The highest BCUT2D eigenvalue weighted by molar-refractivity contribution is 7.13. The van der Waals surface area contributed by atoms with E-state index < -0.39 is 12.1 Å². The molecule has 0 radical (unpaired) electrons. The summed E-state index contributed by atoms with van der Waals surface area (Å²) in [5, 5.41) is 9.93. The van der Waals surface area contributed by atoms with Crippen LogP contribution in [0, 0.1) is 0 Å². The number of anilines is 1. The maximum absolute atomic E-state index is 12.9. The Morgan fingerprint density at radius 3 is 2.29 bits per heavy atom. The van der Waals surface area contributed by atoms with Crippen LogP contribution in [-0.2, 0) is 22.6 Å². The maximum atomic E-state index is 12.9. The number of amides is 2. The molecule has 3 N–H and O–H groups in total. The normalized spacial score (nSPS) is 11.5. The van der Waals surface area contributed by atoms with Gasteiger partial charge in [-0.15, -0.1) is 0 Å². The summed E-state index contributed by atoms with van der Waals surface area (Å²) >= 11 is 1.43. The molecule has 2 amide bonds. The zero-order chi connectivity index (χ0) is 23.6. The van der Waals surface area contributed by atoms with E-state index in [1.165, 1.54) is 11.5 Å². The van der Waals surface area contributed by atoms with Crippen LogP contribution < -0.4 is 16.0 Å². The van der Waals surface area contributed by atoms with Crippen LogP contribution in [-0.4, -0.2) is 35.5 Å². The Morgan fingerprint density at radius 2 is 1.53 bits per heavy atom. The molecule has 34 heavy (non-hydrogen) atoms. The first-order chi connectivity index (χ1) is 16.7. The smallest absolute Gasteiger partial charge is 0.408 e. The largest absolute Gasteiger partial charge is 0.445 e. The first-order valence-electron chi connectivity index (χ1n) is 11.1. The second kappa shape index (κ2) is 11.8. The molecule has 0 aliphatic heterocycles. The molecule has 0 unspecified atom stereocenters. The molecule has 0 bridgehead atoms. The Bertz CT molecular complexity index is 1210. The van der Waals surface area contributed by atoms with Gasteiger partial charge in [-0.1, -0.05) is 72.8 Å². The van der Waals surface area contributed by atoms with Gasteiger partial charge in [0, 0.05) is 24.9 Å². The summed E-state index contributed by atoms with van der Waals surface area (Å²) in [5.74, 6) is 0.531. The minimum atomic E-state index is -0.759. The van der Waals surface area contributed by atoms with Crippen molar-refractivity contribution in [2.24, 2.45) is 0 Å². The van der Waals surface area contributed by atoms with E-state index in [-0.39, 0.29) is 12.5 Å². The van der Waals surface area contributed by atoms with Crippen molar-refractivity contribution in [3.63, 3.8) is 0 Å². The van der Waals surface area contributed by atoms with Gasteiger partial charge in [-0.3, -0.25) is 4.79 Å². The van der Waals surface area contributed by atoms with E-state index in [2.05, 4.69) is 20.3 Å². The average molecular weight is 475 g/mol. The van der Waals surface area contributed by atoms with Crippen molar-refractivity contribution >= 4 is 39.4 Å². The van der Waals surface area contributed by atoms with Crippen LogP contribution in [0.25, 0.3) is 10.1 Å². The van der Waals surface area contributed by atoms with E-state index in [1.54, 1.807) is 0 Å².